The largest absolute Gasteiger partial charge is 0.388 e. The molecule has 0 bridgehead atoms. The van der Waals surface area contributed by atoms with E-state index in [1.165, 1.54) is 25.7 Å². The monoisotopic (exact) mass is 277 g/mol. The van der Waals surface area contributed by atoms with Crippen molar-refractivity contribution < 1.29 is 5.11 Å². The molecule has 0 aliphatic carbocycles. The average Bonchev–Trinajstić information content (AvgIpc) is 2.46. The number of benzene rings is 1. The van der Waals surface area contributed by atoms with E-state index in [1.54, 1.807) is 0 Å². The summed E-state index contributed by atoms with van der Waals surface area (Å²) in [6.07, 6.45) is 6.59. The maximum atomic E-state index is 10.1. The molecule has 0 aliphatic heterocycles. The Hall–Kier alpha value is -1.02. The number of hydrogen-bond donors (Lipinski definition) is 2. The molecule has 1 rings (SSSR count). The molecule has 1 unspecified atom stereocenters. The van der Waals surface area contributed by atoms with Gasteiger partial charge in [-0.15, -0.1) is 0 Å². The van der Waals surface area contributed by atoms with Crippen LogP contribution in [0.5, 0.6) is 0 Å². The summed E-state index contributed by atoms with van der Waals surface area (Å²) in [5.41, 5.74) is 2.16. The molecule has 114 valence electrons. The van der Waals surface area contributed by atoms with Crippen LogP contribution in [0.3, 0.4) is 0 Å². The number of hydrogen-bond acceptors (Lipinski definition) is 2. The van der Waals surface area contributed by atoms with Crippen LogP contribution in [0.15, 0.2) is 24.3 Å². The zero-order valence-electron chi connectivity index (χ0n) is 13.4. The first kappa shape index (κ1) is 17.0. The molecule has 0 saturated carbocycles. The van der Waals surface area contributed by atoms with Crippen molar-refractivity contribution in [3.8, 4) is 0 Å². The van der Waals surface area contributed by atoms with E-state index in [0.29, 0.717) is 0 Å². The van der Waals surface area contributed by atoms with Crippen molar-refractivity contribution in [2.24, 2.45) is 5.92 Å². The first-order valence-corrected chi connectivity index (χ1v) is 8.23. The SMILES string of the molecule is CCCC(CCC)CNc1cccc(C(O)CCC)c1. The van der Waals surface area contributed by atoms with Gasteiger partial charge in [0.2, 0.25) is 0 Å². The molecule has 20 heavy (non-hydrogen) atoms. The highest BCUT2D eigenvalue weighted by Crippen LogP contribution is 2.22. The molecule has 0 spiro atoms. The average molecular weight is 277 g/mol. The standard InChI is InChI=1S/C18H31NO/c1-4-8-15(9-5-2)14-19-17-12-7-11-16(13-17)18(20)10-6-3/h7,11-13,15,18-20H,4-6,8-10,14H2,1-3H3. The number of aliphatic hydroxyl groups is 1. The minimum Gasteiger partial charge on any atom is -0.388 e. The predicted octanol–water partition coefficient (Wildman–Crippen LogP) is 5.15. The summed E-state index contributed by atoms with van der Waals surface area (Å²) in [6, 6.07) is 8.23. The molecule has 1 aromatic carbocycles. The Morgan fingerprint density at radius 3 is 2.25 bits per heavy atom. The van der Waals surface area contributed by atoms with Crippen LogP contribution in [0.2, 0.25) is 0 Å². The normalized spacial score (nSPS) is 12.7. The molecule has 0 radical (unpaired) electrons. The summed E-state index contributed by atoms with van der Waals surface area (Å²) < 4.78 is 0. The summed E-state index contributed by atoms with van der Waals surface area (Å²) in [4.78, 5) is 0. The van der Waals surface area contributed by atoms with E-state index < -0.39 is 0 Å². The van der Waals surface area contributed by atoms with Crippen LogP contribution in [0.25, 0.3) is 0 Å². The van der Waals surface area contributed by atoms with E-state index in [1.807, 2.05) is 12.1 Å². The number of aliphatic hydroxyl groups excluding tert-OH is 1. The Morgan fingerprint density at radius 2 is 1.65 bits per heavy atom. The van der Waals surface area contributed by atoms with Crippen molar-refractivity contribution in [3.05, 3.63) is 29.8 Å². The van der Waals surface area contributed by atoms with Crippen LogP contribution in [-0.2, 0) is 0 Å². The van der Waals surface area contributed by atoms with E-state index in [0.717, 1.165) is 36.6 Å². The maximum Gasteiger partial charge on any atom is 0.0790 e. The second-order valence-electron chi connectivity index (χ2n) is 5.75. The second kappa shape index (κ2) is 9.82. The minimum atomic E-state index is -0.330. The van der Waals surface area contributed by atoms with Crippen LogP contribution in [0, 0.1) is 5.92 Å². The van der Waals surface area contributed by atoms with Gasteiger partial charge in [0.1, 0.15) is 0 Å². The second-order valence-corrected chi connectivity index (χ2v) is 5.75. The lowest BCUT2D eigenvalue weighted by Gasteiger charge is -2.18. The van der Waals surface area contributed by atoms with Gasteiger partial charge in [-0.1, -0.05) is 52.2 Å². The van der Waals surface area contributed by atoms with Gasteiger partial charge in [0, 0.05) is 12.2 Å². The molecule has 0 amide bonds. The van der Waals surface area contributed by atoms with Crippen molar-refractivity contribution >= 4 is 5.69 Å². The molecule has 0 fully saturated rings. The lowest BCUT2D eigenvalue weighted by Crippen LogP contribution is -2.14. The summed E-state index contributed by atoms with van der Waals surface area (Å²) in [6.45, 7) is 7.65. The Kier molecular flexibility index (Phi) is 8.36. The van der Waals surface area contributed by atoms with Gasteiger partial charge in [0.25, 0.3) is 0 Å². The Labute approximate surface area is 124 Å². The van der Waals surface area contributed by atoms with Crippen LogP contribution in [-0.4, -0.2) is 11.7 Å². The molecule has 2 heteroatoms. The van der Waals surface area contributed by atoms with Crippen LogP contribution in [0.1, 0.15) is 71.0 Å². The van der Waals surface area contributed by atoms with Gasteiger partial charge in [-0.25, -0.2) is 0 Å². The van der Waals surface area contributed by atoms with E-state index in [9.17, 15) is 5.11 Å². The van der Waals surface area contributed by atoms with Crippen molar-refractivity contribution in [1.29, 1.82) is 0 Å². The van der Waals surface area contributed by atoms with Crippen molar-refractivity contribution in [2.75, 3.05) is 11.9 Å². The zero-order chi connectivity index (χ0) is 14.8. The fraction of sp³-hybridized carbons (Fsp3) is 0.667. The molecular weight excluding hydrogens is 246 g/mol. The van der Waals surface area contributed by atoms with Crippen molar-refractivity contribution in [2.45, 2.75) is 65.4 Å². The highest BCUT2D eigenvalue weighted by atomic mass is 16.3. The predicted molar refractivity (Wildman–Crippen MR) is 88.1 cm³/mol. The lowest BCUT2D eigenvalue weighted by molar-refractivity contribution is 0.166. The Bertz CT molecular complexity index is 358. The van der Waals surface area contributed by atoms with Crippen LogP contribution >= 0.6 is 0 Å². The molecule has 2 N–H and O–H groups in total. The molecule has 0 aliphatic rings. The van der Waals surface area contributed by atoms with Crippen molar-refractivity contribution in [3.63, 3.8) is 0 Å². The summed E-state index contributed by atoms with van der Waals surface area (Å²) >= 11 is 0. The molecule has 1 atom stereocenters. The Morgan fingerprint density at radius 1 is 1.00 bits per heavy atom. The van der Waals surface area contributed by atoms with Gasteiger partial charge in [0.15, 0.2) is 0 Å². The third-order valence-corrected chi connectivity index (χ3v) is 3.82. The van der Waals surface area contributed by atoms with E-state index in [4.69, 9.17) is 0 Å². The van der Waals surface area contributed by atoms with Gasteiger partial charge < -0.3 is 10.4 Å². The third-order valence-electron chi connectivity index (χ3n) is 3.82. The fourth-order valence-electron chi connectivity index (χ4n) is 2.72. The van der Waals surface area contributed by atoms with Crippen molar-refractivity contribution in [1.82, 2.24) is 0 Å². The Balaban J connectivity index is 2.56. The topological polar surface area (TPSA) is 32.3 Å². The molecule has 2 nitrogen and oxygen atoms in total. The maximum absolute atomic E-state index is 10.1. The summed E-state index contributed by atoms with van der Waals surface area (Å²) in [5, 5.41) is 13.6. The van der Waals surface area contributed by atoms with Crippen LogP contribution < -0.4 is 5.32 Å². The van der Waals surface area contributed by atoms with E-state index in [2.05, 4.69) is 38.2 Å². The molecule has 0 aromatic heterocycles. The highest BCUT2D eigenvalue weighted by molar-refractivity contribution is 5.46. The molecule has 0 heterocycles. The zero-order valence-corrected chi connectivity index (χ0v) is 13.4. The lowest BCUT2D eigenvalue weighted by atomic mass is 9.98. The van der Waals surface area contributed by atoms with Gasteiger partial charge >= 0.3 is 0 Å². The summed E-state index contributed by atoms with van der Waals surface area (Å²) in [5.74, 6) is 0.759. The first-order valence-electron chi connectivity index (χ1n) is 8.23. The first-order chi connectivity index (χ1) is 9.71. The molecular formula is C18H31NO. The fourth-order valence-corrected chi connectivity index (χ4v) is 2.72. The van der Waals surface area contributed by atoms with E-state index >= 15 is 0 Å². The molecule has 0 saturated heterocycles. The third kappa shape index (κ3) is 5.96. The van der Waals surface area contributed by atoms with Gasteiger partial charge in [0.05, 0.1) is 6.10 Å². The van der Waals surface area contributed by atoms with E-state index in [-0.39, 0.29) is 6.10 Å². The minimum absolute atomic E-state index is 0.330. The number of anilines is 1. The smallest absolute Gasteiger partial charge is 0.0790 e. The highest BCUT2D eigenvalue weighted by Gasteiger charge is 2.09. The quantitative estimate of drug-likeness (QED) is 0.620. The number of rotatable bonds is 10. The molecule has 1 aromatic rings. The van der Waals surface area contributed by atoms with Gasteiger partial charge in [-0.05, 0) is 42.9 Å². The van der Waals surface area contributed by atoms with Crippen LogP contribution in [0.4, 0.5) is 5.69 Å². The van der Waals surface area contributed by atoms with Gasteiger partial charge in [-0.2, -0.15) is 0 Å². The van der Waals surface area contributed by atoms with Gasteiger partial charge in [-0.3, -0.25) is 0 Å². The summed E-state index contributed by atoms with van der Waals surface area (Å²) in [7, 11) is 0. The number of nitrogens with one attached hydrogen (secondary N) is 1.